The predicted molar refractivity (Wildman–Crippen MR) is 126 cm³/mol. The van der Waals surface area contributed by atoms with Crippen molar-refractivity contribution in [2.24, 2.45) is 0 Å². The first-order chi connectivity index (χ1) is 14.7. The maximum absolute atomic E-state index is 6.46. The molecule has 30 heavy (non-hydrogen) atoms. The van der Waals surface area contributed by atoms with Gasteiger partial charge >= 0.3 is 0 Å². The smallest absolute Gasteiger partial charge is 0.165 e. The molecule has 1 aliphatic rings. The Morgan fingerprint density at radius 2 is 1.83 bits per heavy atom. The molecule has 3 aromatic heterocycles. The SMILES string of the molecule is CSC1CCC(c2nc3c(-c4cnn(-c5ccccc5)c4)cnn3c(N)c2Br)CC1. The zero-order valence-corrected chi connectivity index (χ0v) is 19.1. The van der Waals surface area contributed by atoms with Crippen LogP contribution >= 0.6 is 27.7 Å². The zero-order valence-electron chi connectivity index (χ0n) is 16.7. The molecule has 8 heteroatoms. The lowest BCUT2D eigenvalue weighted by Gasteiger charge is -2.27. The molecular weight excluding hydrogens is 460 g/mol. The second-order valence-electron chi connectivity index (χ2n) is 7.71. The molecule has 0 atom stereocenters. The number of hydrogen-bond acceptors (Lipinski definition) is 5. The average Bonchev–Trinajstić information content (AvgIpc) is 3.44. The van der Waals surface area contributed by atoms with E-state index in [-0.39, 0.29) is 0 Å². The molecule has 0 spiro atoms. The lowest BCUT2D eigenvalue weighted by atomic mass is 9.86. The summed E-state index contributed by atoms with van der Waals surface area (Å²) in [7, 11) is 0. The Morgan fingerprint density at radius 3 is 2.57 bits per heavy atom. The van der Waals surface area contributed by atoms with Crippen LogP contribution in [0.1, 0.15) is 37.3 Å². The number of thioether (sulfide) groups is 1. The number of nitrogen functional groups attached to an aromatic ring is 1. The normalized spacial score (nSPS) is 19.4. The van der Waals surface area contributed by atoms with Gasteiger partial charge in [-0.15, -0.1) is 0 Å². The molecule has 4 aromatic rings. The molecule has 0 amide bonds. The third-order valence-corrected chi connectivity index (χ3v) is 7.91. The lowest BCUT2D eigenvalue weighted by Crippen LogP contribution is -2.17. The first kappa shape index (κ1) is 19.6. The number of aromatic nitrogens is 5. The van der Waals surface area contributed by atoms with Gasteiger partial charge in [-0.1, -0.05) is 18.2 Å². The van der Waals surface area contributed by atoms with Crippen LogP contribution in [0, 0.1) is 0 Å². The average molecular weight is 483 g/mol. The van der Waals surface area contributed by atoms with Crippen LogP contribution in [0.15, 0.2) is 53.4 Å². The Morgan fingerprint density at radius 1 is 1.07 bits per heavy atom. The molecule has 2 N–H and O–H groups in total. The molecule has 0 saturated heterocycles. The van der Waals surface area contributed by atoms with Gasteiger partial charge in [-0.2, -0.15) is 26.5 Å². The number of nitrogens with two attached hydrogens (primary N) is 1. The molecule has 5 rings (SSSR count). The van der Waals surface area contributed by atoms with Gasteiger partial charge in [-0.3, -0.25) is 0 Å². The number of para-hydroxylation sites is 1. The molecular formula is C22H23BrN6S. The summed E-state index contributed by atoms with van der Waals surface area (Å²) >= 11 is 5.67. The summed E-state index contributed by atoms with van der Waals surface area (Å²) in [6, 6.07) is 10.1. The summed E-state index contributed by atoms with van der Waals surface area (Å²) in [5.74, 6) is 1.02. The minimum Gasteiger partial charge on any atom is -0.383 e. The minimum atomic E-state index is 0.421. The fourth-order valence-electron chi connectivity index (χ4n) is 4.24. The van der Waals surface area contributed by atoms with E-state index < -0.39 is 0 Å². The van der Waals surface area contributed by atoms with Crippen molar-refractivity contribution in [1.82, 2.24) is 24.4 Å². The van der Waals surface area contributed by atoms with Crippen molar-refractivity contribution in [2.45, 2.75) is 36.9 Å². The van der Waals surface area contributed by atoms with E-state index in [0.29, 0.717) is 11.7 Å². The third-order valence-electron chi connectivity index (χ3n) is 5.96. The highest BCUT2D eigenvalue weighted by atomic mass is 79.9. The molecule has 154 valence electrons. The second-order valence-corrected chi connectivity index (χ2v) is 9.64. The van der Waals surface area contributed by atoms with Crippen LogP contribution in [-0.2, 0) is 0 Å². The highest BCUT2D eigenvalue weighted by molar-refractivity contribution is 9.10. The van der Waals surface area contributed by atoms with Crippen LogP contribution in [-0.4, -0.2) is 35.9 Å². The van der Waals surface area contributed by atoms with Crippen LogP contribution in [0.2, 0.25) is 0 Å². The minimum absolute atomic E-state index is 0.421. The Bertz CT molecular complexity index is 1180. The number of anilines is 1. The molecule has 6 nitrogen and oxygen atoms in total. The van der Waals surface area contributed by atoms with Gasteiger partial charge in [0.25, 0.3) is 0 Å². The second kappa shape index (κ2) is 8.07. The maximum Gasteiger partial charge on any atom is 0.165 e. The summed E-state index contributed by atoms with van der Waals surface area (Å²) in [5, 5.41) is 9.80. The van der Waals surface area contributed by atoms with Gasteiger partial charge in [0.1, 0.15) is 5.82 Å². The molecule has 0 unspecified atom stereocenters. The zero-order chi connectivity index (χ0) is 20.7. The number of fused-ring (bicyclic) bond motifs is 1. The van der Waals surface area contributed by atoms with E-state index in [9.17, 15) is 0 Å². The van der Waals surface area contributed by atoms with E-state index in [1.165, 1.54) is 12.8 Å². The molecule has 1 aliphatic carbocycles. The number of halogens is 1. The molecule has 0 aliphatic heterocycles. The summed E-state index contributed by atoms with van der Waals surface area (Å²) in [4.78, 5) is 5.06. The van der Waals surface area contributed by atoms with Crippen molar-refractivity contribution in [3.8, 4) is 16.8 Å². The van der Waals surface area contributed by atoms with Crippen LogP contribution in [0.25, 0.3) is 22.5 Å². The maximum atomic E-state index is 6.46. The number of rotatable bonds is 4. The van der Waals surface area contributed by atoms with E-state index in [2.05, 4.69) is 32.4 Å². The Kier molecular flexibility index (Phi) is 5.28. The van der Waals surface area contributed by atoms with Gasteiger partial charge in [0.15, 0.2) is 5.65 Å². The van der Waals surface area contributed by atoms with Gasteiger partial charge in [0.2, 0.25) is 0 Å². The third kappa shape index (κ3) is 3.41. The van der Waals surface area contributed by atoms with Crippen molar-refractivity contribution in [3.05, 3.63) is 59.1 Å². The fraction of sp³-hybridized carbons (Fsp3) is 0.318. The predicted octanol–water partition coefficient (Wildman–Crippen LogP) is 5.32. The summed E-state index contributed by atoms with van der Waals surface area (Å²) in [6.07, 6.45) is 12.6. The van der Waals surface area contributed by atoms with E-state index in [4.69, 9.17) is 10.7 Å². The molecule has 0 radical (unpaired) electrons. The van der Waals surface area contributed by atoms with Crippen molar-refractivity contribution in [3.63, 3.8) is 0 Å². The van der Waals surface area contributed by atoms with Crippen molar-refractivity contribution >= 4 is 39.2 Å². The number of hydrogen-bond donors (Lipinski definition) is 1. The highest BCUT2D eigenvalue weighted by Gasteiger charge is 2.27. The Balaban J connectivity index is 1.55. The number of benzene rings is 1. The summed E-state index contributed by atoms with van der Waals surface area (Å²) in [5.41, 5.74) is 11.2. The van der Waals surface area contributed by atoms with Gasteiger partial charge in [0, 0.05) is 28.5 Å². The van der Waals surface area contributed by atoms with Gasteiger partial charge < -0.3 is 5.73 Å². The topological polar surface area (TPSA) is 74.0 Å². The molecule has 1 aromatic carbocycles. The highest BCUT2D eigenvalue weighted by Crippen LogP contribution is 2.41. The van der Waals surface area contributed by atoms with Gasteiger partial charge in [-0.05, 0) is 60.0 Å². The lowest BCUT2D eigenvalue weighted by molar-refractivity contribution is 0.445. The molecule has 0 bridgehead atoms. The first-order valence-electron chi connectivity index (χ1n) is 10.1. The summed E-state index contributed by atoms with van der Waals surface area (Å²) < 4.78 is 4.46. The monoisotopic (exact) mass is 482 g/mol. The van der Waals surface area contributed by atoms with Crippen molar-refractivity contribution < 1.29 is 0 Å². The van der Waals surface area contributed by atoms with Crippen LogP contribution in [0.3, 0.4) is 0 Å². The number of nitrogens with zero attached hydrogens (tertiary/aromatic N) is 5. The van der Waals surface area contributed by atoms with Gasteiger partial charge in [-0.25, -0.2) is 9.67 Å². The van der Waals surface area contributed by atoms with Crippen LogP contribution < -0.4 is 5.73 Å². The standard InChI is InChI=1S/C22H23BrN6S/c1-30-17-9-7-14(8-10-17)20-19(23)21(24)29-22(27-20)18(12-26-29)15-11-25-28(13-15)16-5-3-2-4-6-16/h2-6,11-14,17H,7-10,24H2,1H3. The molecule has 1 fully saturated rings. The Hall–Kier alpha value is -2.32. The Labute approximate surface area is 188 Å². The van der Waals surface area contributed by atoms with Crippen molar-refractivity contribution in [1.29, 1.82) is 0 Å². The van der Waals surface area contributed by atoms with E-state index in [0.717, 1.165) is 50.7 Å². The van der Waals surface area contributed by atoms with E-state index in [1.54, 1.807) is 4.52 Å². The van der Waals surface area contributed by atoms with E-state index >= 15 is 0 Å². The van der Waals surface area contributed by atoms with Crippen LogP contribution in [0.5, 0.6) is 0 Å². The van der Waals surface area contributed by atoms with E-state index in [1.807, 2.05) is 65.4 Å². The van der Waals surface area contributed by atoms with Crippen molar-refractivity contribution in [2.75, 3.05) is 12.0 Å². The molecule has 3 heterocycles. The summed E-state index contributed by atoms with van der Waals surface area (Å²) in [6.45, 7) is 0. The quantitative estimate of drug-likeness (QED) is 0.426. The fourth-order valence-corrected chi connectivity index (χ4v) is 5.57. The molecule has 1 saturated carbocycles. The first-order valence-corrected chi connectivity index (χ1v) is 12.2. The van der Waals surface area contributed by atoms with Crippen LogP contribution in [0.4, 0.5) is 5.82 Å². The largest absolute Gasteiger partial charge is 0.383 e. The van der Waals surface area contributed by atoms with Gasteiger partial charge in [0.05, 0.1) is 28.2 Å².